The molecule has 1 heterocycles. The maximum Gasteiger partial charge on any atom is 0.333 e. The van der Waals surface area contributed by atoms with E-state index in [4.69, 9.17) is 0 Å². The molecule has 0 aromatic carbocycles. The van der Waals surface area contributed by atoms with Crippen LogP contribution in [0.25, 0.3) is 0 Å². The molecular formula is C11H14BrN3O4. The number of aromatic nitrogens is 1. The molecule has 8 heteroatoms. The van der Waals surface area contributed by atoms with Crippen molar-refractivity contribution >= 4 is 21.6 Å². The van der Waals surface area contributed by atoms with Crippen LogP contribution in [-0.4, -0.2) is 33.3 Å². The average molecular weight is 332 g/mol. The molecule has 1 atom stereocenters. The van der Waals surface area contributed by atoms with Crippen LogP contribution in [0.4, 0.5) is 5.69 Å². The Bertz CT molecular complexity index is 541. The van der Waals surface area contributed by atoms with E-state index in [1.54, 1.807) is 0 Å². The molecule has 0 radical (unpaired) electrons. The number of nitro groups is 1. The van der Waals surface area contributed by atoms with Gasteiger partial charge in [-0.05, 0) is 28.8 Å². The topological polar surface area (TPSA) is 97.4 Å². The number of hydrogen-bond acceptors (Lipinski definition) is 5. The summed E-state index contributed by atoms with van der Waals surface area (Å²) in [6, 6.07) is 0.491. The van der Waals surface area contributed by atoms with E-state index in [9.17, 15) is 20.0 Å². The van der Waals surface area contributed by atoms with Gasteiger partial charge in [-0.25, -0.2) is 0 Å². The minimum Gasteiger partial charge on any atom is -0.390 e. The Morgan fingerprint density at radius 2 is 2.26 bits per heavy atom. The zero-order valence-corrected chi connectivity index (χ0v) is 11.7. The molecule has 1 fully saturated rings. The Morgan fingerprint density at radius 3 is 2.84 bits per heavy atom. The van der Waals surface area contributed by atoms with Crippen LogP contribution in [0.15, 0.2) is 21.7 Å². The van der Waals surface area contributed by atoms with Gasteiger partial charge in [0.05, 0.1) is 21.7 Å². The Kier molecular flexibility index (Phi) is 4.33. The molecule has 1 unspecified atom stereocenters. The van der Waals surface area contributed by atoms with E-state index in [1.807, 2.05) is 0 Å². The van der Waals surface area contributed by atoms with Crippen molar-refractivity contribution in [3.05, 3.63) is 37.2 Å². The maximum atomic E-state index is 11.5. The summed E-state index contributed by atoms with van der Waals surface area (Å²) in [5, 5.41) is 23.7. The molecule has 1 aromatic rings. The fourth-order valence-electron chi connectivity index (χ4n) is 1.71. The largest absolute Gasteiger partial charge is 0.390 e. The first-order valence-corrected chi connectivity index (χ1v) is 6.72. The van der Waals surface area contributed by atoms with E-state index in [2.05, 4.69) is 21.2 Å². The summed E-state index contributed by atoms with van der Waals surface area (Å²) in [5.41, 5.74) is -1.16. The second-order valence-electron chi connectivity index (χ2n) is 4.61. The predicted molar refractivity (Wildman–Crippen MR) is 72.1 cm³/mol. The molecule has 0 amide bonds. The normalized spacial score (nSPS) is 16.3. The lowest BCUT2D eigenvalue weighted by atomic mass is 10.3. The van der Waals surface area contributed by atoms with E-state index in [-0.39, 0.29) is 11.0 Å². The third kappa shape index (κ3) is 3.85. The van der Waals surface area contributed by atoms with Crippen molar-refractivity contribution in [2.45, 2.75) is 31.5 Å². The van der Waals surface area contributed by atoms with Gasteiger partial charge in [-0.3, -0.25) is 14.9 Å². The van der Waals surface area contributed by atoms with E-state index in [1.165, 1.54) is 10.8 Å². The van der Waals surface area contributed by atoms with Crippen LogP contribution in [0.3, 0.4) is 0 Å². The number of hydrogen-bond donors (Lipinski definition) is 2. The fraction of sp³-hybridized carbons (Fsp3) is 0.545. The van der Waals surface area contributed by atoms with Crippen LogP contribution in [0.2, 0.25) is 0 Å². The van der Waals surface area contributed by atoms with E-state index in [0.29, 0.717) is 12.6 Å². The van der Waals surface area contributed by atoms with Gasteiger partial charge in [0.1, 0.15) is 0 Å². The minimum atomic E-state index is -0.724. The standard InChI is InChI=1S/C11H14BrN3O4/c12-9-5-14(6-10(11(9)17)15(18)19)4-8(16)3-13-7-1-2-7/h5-8,13,16H,1-4H2. The number of nitrogens with one attached hydrogen (secondary N) is 1. The lowest BCUT2D eigenvalue weighted by Crippen LogP contribution is -2.31. The van der Waals surface area contributed by atoms with Gasteiger partial charge in [-0.2, -0.15) is 0 Å². The minimum absolute atomic E-state index is 0.115. The number of aliphatic hydroxyl groups is 1. The second kappa shape index (κ2) is 5.81. The highest BCUT2D eigenvalue weighted by atomic mass is 79.9. The van der Waals surface area contributed by atoms with Gasteiger partial charge in [0.2, 0.25) is 0 Å². The van der Waals surface area contributed by atoms with E-state index < -0.39 is 22.1 Å². The fourth-order valence-corrected chi connectivity index (χ4v) is 2.18. The van der Waals surface area contributed by atoms with Crippen molar-refractivity contribution in [3.8, 4) is 0 Å². The lowest BCUT2D eigenvalue weighted by Gasteiger charge is -2.13. The SMILES string of the molecule is O=c1c(Br)cn(CC(O)CNC2CC2)cc1[N+](=O)[O-]. The van der Waals surface area contributed by atoms with Gasteiger partial charge < -0.3 is 15.0 Å². The molecule has 1 aromatic heterocycles. The van der Waals surface area contributed by atoms with Gasteiger partial charge in [-0.15, -0.1) is 0 Å². The number of pyridine rings is 1. The molecule has 1 aliphatic carbocycles. The van der Waals surface area contributed by atoms with Crippen LogP contribution in [0.5, 0.6) is 0 Å². The Labute approximate surface area is 117 Å². The highest BCUT2D eigenvalue weighted by Gasteiger charge is 2.22. The summed E-state index contributed by atoms with van der Waals surface area (Å²) in [4.78, 5) is 21.5. The summed E-state index contributed by atoms with van der Waals surface area (Å²) >= 11 is 2.99. The highest BCUT2D eigenvalue weighted by Crippen LogP contribution is 2.18. The monoisotopic (exact) mass is 331 g/mol. The first-order chi connectivity index (χ1) is 8.97. The molecule has 19 heavy (non-hydrogen) atoms. The average Bonchev–Trinajstić information content (AvgIpc) is 3.14. The second-order valence-corrected chi connectivity index (χ2v) is 5.47. The first-order valence-electron chi connectivity index (χ1n) is 5.93. The first kappa shape index (κ1) is 14.2. The van der Waals surface area contributed by atoms with Gasteiger partial charge in [0, 0.05) is 25.3 Å². The molecule has 0 spiro atoms. The molecule has 0 bridgehead atoms. The number of nitrogens with zero attached hydrogens (tertiary/aromatic N) is 2. The molecular weight excluding hydrogens is 318 g/mol. The van der Waals surface area contributed by atoms with Gasteiger partial charge in [0.15, 0.2) is 0 Å². The van der Waals surface area contributed by atoms with Crippen molar-refractivity contribution in [1.29, 1.82) is 0 Å². The van der Waals surface area contributed by atoms with Crippen molar-refractivity contribution in [2.24, 2.45) is 0 Å². The molecule has 7 nitrogen and oxygen atoms in total. The quantitative estimate of drug-likeness (QED) is 0.588. The lowest BCUT2D eigenvalue weighted by molar-refractivity contribution is -0.386. The number of rotatable bonds is 6. The third-order valence-corrected chi connectivity index (χ3v) is 3.42. The zero-order valence-electron chi connectivity index (χ0n) is 10.1. The molecule has 1 aliphatic rings. The van der Waals surface area contributed by atoms with E-state index in [0.717, 1.165) is 19.0 Å². The van der Waals surface area contributed by atoms with Crippen LogP contribution >= 0.6 is 15.9 Å². The maximum absolute atomic E-state index is 11.5. The Balaban J connectivity index is 2.06. The molecule has 0 aliphatic heterocycles. The van der Waals surface area contributed by atoms with E-state index >= 15 is 0 Å². The highest BCUT2D eigenvalue weighted by molar-refractivity contribution is 9.10. The Hall–Kier alpha value is -1.25. The summed E-state index contributed by atoms with van der Waals surface area (Å²) in [5.74, 6) is 0. The molecule has 2 N–H and O–H groups in total. The molecule has 2 rings (SSSR count). The van der Waals surface area contributed by atoms with Gasteiger partial charge in [-0.1, -0.05) is 0 Å². The van der Waals surface area contributed by atoms with Crippen molar-refractivity contribution in [3.63, 3.8) is 0 Å². The van der Waals surface area contributed by atoms with Crippen LogP contribution in [0.1, 0.15) is 12.8 Å². The van der Waals surface area contributed by atoms with Crippen molar-refractivity contribution in [1.82, 2.24) is 9.88 Å². The summed E-state index contributed by atoms with van der Waals surface area (Å²) in [6.07, 6.45) is 4.18. The van der Waals surface area contributed by atoms with Crippen molar-refractivity contribution < 1.29 is 10.0 Å². The van der Waals surface area contributed by atoms with Crippen LogP contribution in [0, 0.1) is 10.1 Å². The summed E-state index contributed by atoms with van der Waals surface area (Å²) < 4.78 is 1.56. The summed E-state index contributed by atoms with van der Waals surface area (Å²) in [7, 11) is 0. The smallest absolute Gasteiger partial charge is 0.333 e. The zero-order chi connectivity index (χ0) is 14.0. The van der Waals surface area contributed by atoms with Crippen molar-refractivity contribution in [2.75, 3.05) is 6.54 Å². The van der Waals surface area contributed by atoms with Crippen LogP contribution < -0.4 is 10.7 Å². The van der Waals surface area contributed by atoms with Crippen LogP contribution in [-0.2, 0) is 6.54 Å². The predicted octanol–water partition coefficient (Wildman–Crippen LogP) is 0.632. The third-order valence-electron chi connectivity index (χ3n) is 2.85. The van der Waals surface area contributed by atoms with Gasteiger partial charge >= 0.3 is 5.69 Å². The Morgan fingerprint density at radius 1 is 1.58 bits per heavy atom. The van der Waals surface area contributed by atoms with Gasteiger partial charge in [0.25, 0.3) is 5.43 Å². The molecule has 1 saturated carbocycles. The summed E-state index contributed by atoms with van der Waals surface area (Å²) in [6.45, 7) is 0.627. The molecule has 0 saturated heterocycles. The molecule has 104 valence electrons. The number of halogens is 1. The number of aliphatic hydroxyl groups excluding tert-OH is 1.